The Morgan fingerprint density at radius 1 is 1.40 bits per heavy atom. The molecule has 1 aromatic heterocycles. The zero-order valence-electron chi connectivity index (χ0n) is 11.9. The molecule has 0 spiro atoms. The Labute approximate surface area is 118 Å². The van der Waals surface area contributed by atoms with Crippen LogP contribution in [-0.4, -0.2) is 39.4 Å². The highest BCUT2D eigenvalue weighted by Gasteiger charge is 2.39. The zero-order valence-corrected chi connectivity index (χ0v) is 11.9. The van der Waals surface area contributed by atoms with E-state index in [4.69, 9.17) is 0 Å². The summed E-state index contributed by atoms with van der Waals surface area (Å²) in [5.41, 5.74) is 0. The fourth-order valence-electron chi connectivity index (χ4n) is 2.67. The van der Waals surface area contributed by atoms with Crippen LogP contribution < -0.4 is 5.32 Å². The summed E-state index contributed by atoms with van der Waals surface area (Å²) in [4.78, 5) is 29.5. The number of amides is 2. The standard InChI is InChI=1S/C14H20N4O2/c1-9(19)18-7-11(8-18)14(20)16-12(10-3-4-10)13-15-5-6-17(13)2/h5-6,10-12H,3-4,7-8H2,1-2H3,(H,16,20)/t12-/m1/s1. The van der Waals surface area contributed by atoms with E-state index in [9.17, 15) is 9.59 Å². The summed E-state index contributed by atoms with van der Waals surface area (Å²) >= 11 is 0. The minimum Gasteiger partial charge on any atom is -0.346 e. The average molecular weight is 276 g/mol. The predicted molar refractivity (Wildman–Crippen MR) is 72.6 cm³/mol. The molecule has 0 aromatic carbocycles. The smallest absolute Gasteiger partial charge is 0.227 e. The lowest BCUT2D eigenvalue weighted by atomic mass is 9.98. The van der Waals surface area contributed by atoms with E-state index < -0.39 is 0 Å². The average Bonchev–Trinajstić information content (AvgIpc) is 3.07. The summed E-state index contributed by atoms with van der Waals surface area (Å²) in [6, 6.07) is 0.00822. The first-order valence-corrected chi connectivity index (χ1v) is 7.09. The van der Waals surface area contributed by atoms with Crippen molar-refractivity contribution in [3.63, 3.8) is 0 Å². The summed E-state index contributed by atoms with van der Waals surface area (Å²) < 4.78 is 1.96. The number of imidazole rings is 1. The maximum absolute atomic E-state index is 12.3. The molecule has 1 atom stereocenters. The van der Waals surface area contributed by atoms with E-state index in [2.05, 4.69) is 10.3 Å². The van der Waals surface area contributed by atoms with E-state index in [0.29, 0.717) is 19.0 Å². The Balaban J connectivity index is 1.62. The molecule has 6 nitrogen and oxygen atoms in total. The lowest BCUT2D eigenvalue weighted by molar-refractivity contribution is -0.141. The molecule has 6 heteroatoms. The number of hydrogen-bond donors (Lipinski definition) is 1. The van der Waals surface area contributed by atoms with Crippen molar-refractivity contribution in [2.75, 3.05) is 13.1 Å². The number of carbonyl (C=O) groups is 2. The number of aromatic nitrogens is 2. The minimum atomic E-state index is -0.0691. The number of nitrogens with one attached hydrogen (secondary N) is 1. The van der Waals surface area contributed by atoms with Crippen LogP contribution in [0.5, 0.6) is 0 Å². The summed E-state index contributed by atoms with van der Waals surface area (Å²) in [5, 5.41) is 3.12. The number of likely N-dealkylation sites (tertiary alicyclic amines) is 1. The molecule has 2 amide bonds. The quantitative estimate of drug-likeness (QED) is 0.869. The number of hydrogen-bond acceptors (Lipinski definition) is 3. The maximum atomic E-state index is 12.3. The second kappa shape index (κ2) is 4.92. The largest absolute Gasteiger partial charge is 0.346 e. The van der Waals surface area contributed by atoms with Crippen LogP contribution in [0, 0.1) is 11.8 Å². The molecular formula is C14H20N4O2. The Kier molecular flexibility index (Phi) is 3.23. The fraction of sp³-hybridized carbons (Fsp3) is 0.643. The van der Waals surface area contributed by atoms with Crippen molar-refractivity contribution in [1.29, 1.82) is 0 Å². The number of rotatable bonds is 4. The molecule has 1 aliphatic heterocycles. The van der Waals surface area contributed by atoms with Gasteiger partial charge in [0.05, 0.1) is 12.0 Å². The van der Waals surface area contributed by atoms with Gasteiger partial charge in [0.15, 0.2) is 0 Å². The SMILES string of the molecule is CC(=O)N1CC(C(=O)N[C@@H](c2nccn2C)C2CC2)C1. The molecule has 0 radical (unpaired) electrons. The molecule has 3 rings (SSSR count). The van der Waals surface area contributed by atoms with Gasteiger partial charge < -0.3 is 14.8 Å². The third kappa shape index (κ3) is 2.42. The van der Waals surface area contributed by atoms with E-state index in [1.165, 1.54) is 6.92 Å². The van der Waals surface area contributed by atoms with Gasteiger partial charge in [0.2, 0.25) is 11.8 Å². The molecule has 0 bridgehead atoms. The zero-order chi connectivity index (χ0) is 14.3. The third-order valence-electron chi connectivity index (χ3n) is 4.23. The summed E-state index contributed by atoms with van der Waals surface area (Å²) in [6.07, 6.45) is 5.94. The van der Waals surface area contributed by atoms with Crippen LogP contribution in [0.3, 0.4) is 0 Å². The summed E-state index contributed by atoms with van der Waals surface area (Å²) in [7, 11) is 1.95. The Bertz CT molecular complexity index is 529. The first kappa shape index (κ1) is 13.1. The van der Waals surface area contributed by atoms with Gasteiger partial charge in [-0.05, 0) is 18.8 Å². The molecule has 1 saturated carbocycles. The Morgan fingerprint density at radius 3 is 2.60 bits per heavy atom. The van der Waals surface area contributed by atoms with Gasteiger partial charge >= 0.3 is 0 Å². The molecule has 0 unspecified atom stereocenters. The molecule has 2 aliphatic rings. The van der Waals surface area contributed by atoms with Gasteiger partial charge in [-0.2, -0.15) is 0 Å². The predicted octanol–water partition coefficient (Wildman–Crippen LogP) is 0.466. The van der Waals surface area contributed by atoms with E-state index in [1.807, 2.05) is 17.8 Å². The van der Waals surface area contributed by atoms with Crippen molar-refractivity contribution in [3.05, 3.63) is 18.2 Å². The highest BCUT2D eigenvalue weighted by atomic mass is 16.2. The van der Waals surface area contributed by atoms with Gasteiger partial charge in [0, 0.05) is 39.5 Å². The van der Waals surface area contributed by atoms with Crippen LogP contribution in [-0.2, 0) is 16.6 Å². The van der Waals surface area contributed by atoms with Crippen molar-refractivity contribution in [3.8, 4) is 0 Å². The molecule has 1 aliphatic carbocycles. The van der Waals surface area contributed by atoms with Crippen LogP contribution in [0.15, 0.2) is 12.4 Å². The second-order valence-corrected chi connectivity index (χ2v) is 5.84. The van der Waals surface area contributed by atoms with Crippen molar-refractivity contribution >= 4 is 11.8 Å². The minimum absolute atomic E-state index is 0.00822. The highest BCUT2D eigenvalue weighted by molar-refractivity contribution is 5.83. The first-order chi connectivity index (χ1) is 9.56. The highest BCUT2D eigenvalue weighted by Crippen LogP contribution is 2.40. The monoisotopic (exact) mass is 276 g/mol. The van der Waals surface area contributed by atoms with Crippen LogP contribution in [0.1, 0.15) is 31.6 Å². The normalized spacial score (nSPS) is 20.4. The van der Waals surface area contributed by atoms with Crippen LogP contribution in [0.25, 0.3) is 0 Å². The van der Waals surface area contributed by atoms with Crippen molar-refractivity contribution in [2.24, 2.45) is 18.9 Å². The molecular weight excluding hydrogens is 256 g/mol. The number of nitrogens with zero attached hydrogens (tertiary/aromatic N) is 3. The van der Waals surface area contributed by atoms with Gasteiger partial charge in [-0.1, -0.05) is 0 Å². The molecule has 108 valence electrons. The second-order valence-electron chi connectivity index (χ2n) is 5.84. The maximum Gasteiger partial charge on any atom is 0.227 e. The van der Waals surface area contributed by atoms with E-state index in [0.717, 1.165) is 18.7 Å². The van der Waals surface area contributed by atoms with Crippen molar-refractivity contribution in [1.82, 2.24) is 19.8 Å². The van der Waals surface area contributed by atoms with Gasteiger partial charge in [-0.3, -0.25) is 9.59 Å². The van der Waals surface area contributed by atoms with Gasteiger partial charge in [-0.25, -0.2) is 4.98 Å². The van der Waals surface area contributed by atoms with Crippen LogP contribution in [0.4, 0.5) is 0 Å². The van der Waals surface area contributed by atoms with Gasteiger partial charge in [0.25, 0.3) is 0 Å². The number of aryl methyl sites for hydroxylation is 1. The molecule has 2 heterocycles. The van der Waals surface area contributed by atoms with Crippen molar-refractivity contribution in [2.45, 2.75) is 25.8 Å². The molecule has 1 aromatic rings. The first-order valence-electron chi connectivity index (χ1n) is 7.09. The Morgan fingerprint density at radius 2 is 2.10 bits per heavy atom. The summed E-state index contributed by atoms with van der Waals surface area (Å²) in [5.74, 6) is 1.44. The Hall–Kier alpha value is -1.85. The summed E-state index contributed by atoms with van der Waals surface area (Å²) in [6.45, 7) is 2.62. The van der Waals surface area contributed by atoms with Gasteiger partial charge in [-0.15, -0.1) is 0 Å². The molecule has 1 saturated heterocycles. The number of carbonyl (C=O) groups excluding carboxylic acids is 2. The van der Waals surface area contributed by atoms with E-state index >= 15 is 0 Å². The topological polar surface area (TPSA) is 67.2 Å². The van der Waals surface area contributed by atoms with Gasteiger partial charge in [0.1, 0.15) is 5.82 Å². The van der Waals surface area contributed by atoms with E-state index in [-0.39, 0.29) is 23.8 Å². The fourth-order valence-corrected chi connectivity index (χ4v) is 2.67. The van der Waals surface area contributed by atoms with E-state index in [1.54, 1.807) is 11.1 Å². The lowest BCUT2D eigenvalue weighted by Crippen LogP contribution is -2.55. The van der Waals surface area contributed by atoms with Crippen molar-refractivity contribution < 1.29 is 9.59 Å². The molecule has 20 heavy (non-hydrogen) atoms. The molecule has 1 N–H and O–H groups in total. The third-order valence-corrected chi connectivity index (χ3v) is 4.23. The molecule has 2 fully saturated rings. The lowest BCUT2D eigenvalue weighted by Gasteiger charge is -2.38. The van der Waals surface area contributed by atoms with Crippen LogP contribution >= 0.6 is 0 Å². The van der Waals surface area contributed by atoms with Crippen LogP contribution in [0.2, 0.25) is 0 Å².